The van der Waals surface area contributed by atoms with Crippen molar-refractivity contribution in [2.75, 3.05) is 14.1 Å². The molecule has 0 aromatic rings. The van der Waals surface area contributed by atoms with E-state index in [1.165, 1.54) is 10.5 Å². The van der Waals surface area contributed by atoms with Crippen LogP contribution < -0.4 is 11.5 Å². The van der Waals surface area contributed by atoms with Gasteiger partial charge in [-0.05, 0) is 49.0 Å². The number of esters is 2. The average Bonchev–Trinajstić information content (AvgIpc) is 2.82. The Bertz CT molecular complexity index is 927. The molecular weight excluding hydrogens is 486 g/mol. The lowest BCUT2D eigenvalue weighted by atomic mass is 9.65. The van der Waals surface area contributed by atoms with Gasteiger partial charge in [0.05, 0.1) is 18.4 Å². The first kappa shape index (κ1) is 31.3. The lowest BCUT2D eigenvalue weighted by Crippen LogP contribution is -2.42. The first-order chi connectivity index (χ1) is 17.8. The molecule has 0 radical (unpaired) electrons. The zero-order valence-corrected chi connectivity index (χ0v) is 23.7. The van der Waals surface area contributed by atoms with Crippen LogP contribution in [0.25, 0.3) is 0 Å². The van der Waals surface area contributed by atoms with Crippen LogP contribution in [-0.4, -0.2) is 66.3 Å². The number of fused-ring (bicyclic) bond motifs is 1. The lowest BCUT2D eigenvalue weighted by Gasteiger charge is -2.43. The lowest BCUT2D eigenvalue weighted by molar-refractivity contribution is -0.162. The van der Waals surface area contributed by atoms with Crippen molar-refractivity contribution >= 4 is 23.9 Å². The molecule has 3 aliphatic rings. The second-order valence-corrected chi connectivity index (χ2v) is 11.1. The molecule has 1 aliphatic heterocycles. The minimum atomic E-state index is -0.597. The number of ether oxygens (including phenoxy) is 2. The number of aliphatic imine (C=N–C) groups is 1. The summed E-state index contributed by atoms with van der Waals surface area (Å²) in [6.07, 6.45) is 9.70. The van der Waals surface area contributed by atoms with Crippen molar-refractivity contribution in [2.45, 2.75) is 84.5 Å². The van der Waals surface area contributed by atoms with Gasteiger partial charge in [-0.25, -0.2) is 0 Å². The molecule has 0 saturated carbocycles. The molecule has 0 aromatic heterocycles. The first-order valence-corrected chi connectivity index (χ1v) is 13.7. The standard InChI is InChI=1S/C24H36O5.C4H11N5/c1-5-15(3)24(27)29-21-11-14(2)10-17-7-6-16(4)20(23(17)21)9-8-19-12-18(25)13-22(26)28-19;1-9(2)4(7)8-3(5)6/h6-7,10,14-16,18-21,23,25H,5,8-9,11-13H2,1-4H3;1-2H3,(H5,5,6,7,8)/t14-,15-,16-,18+,19+,20-,21-,23-;/m0./s1. The molecule has 0 bridgehead atoms. The third-order valence-electron chi connectivity index (χ3n) is 7.59. The monoisotopic (exact) mass is 533 g/mol. The Morgan fingerprint density at radius 2 is 1.97 bits per heavy atom. The van der Waals surface area contributed by atoms with Crippen LogP contribution in [-0.2, 0) is 19.1 Å². The maximum Gasteiger partial charge on any atom is 0.308 e. The SMILES string of the molecule is CC[C@H](C)C(=O)O[C@H]1C[C@@H](C)C=C2C=C[C@H](C)[C@H](CC[C@@H]3C[C@@H](O)CC(=O)O3)[C@H]21.CN(C)C(=N)N=C(N)N. The van der Waals surface area contributed by atoms with Gasteiger partial charge in [0.2, 0.25) is 5.96 Å². The van der Waals surface area contributed by atoms with Gasteiger partial charge in [-0.15, -0.1) is 0 Å². The summed E-state index contributed by atoms with van der Waals surface area (Å²) in [5, 5.41) is 16.9. The van der Waals surface area contributed by atoms with Crippen molar-refractivity contribution in [3.63, 3.8) is 0 Å². The Balaban J connectivity index is 0.000000484. The van der Waals surface area contributed by atoms with E-state index in [2.05, 4.69) is 37.1 Å². The maximum atomic E-state index is 12.5. The topological polar surface area (TPSA) is 164 Å². The molecule has 0 unspecified atom stereocenters. The first-order valence-electron chi connectivity index (χ1n) is 13.7. The number of carbonyl (C=O) groups excluding carboxylic acids is 2. The van der Waals surface area contributed by atoms with Crippen LogP contribution in [0.5, 0.6) is 0 Å². The number of carbonyl (C=O) groups is 2. The van der Waals surface area contributed by atoms with E-state index in [1.807, 2.05) is 13.8 Å². The molecule has 8 atom stereocenters. The average molecular weight is 534 g/mol. The number of nitrogens with zero attached hydrogens (tertiary/aromatic N) is 2. The van der Waals surface area contributed by atoms with Gasteiger partial charge in [0, 0.05) is 26.4 Å². The molecule has 3 rings (SSSR count). The van der Waals surface area contributed by atoms with Crippen LogP contribution in [0.3, 0.4) is 0 Å². The van der Waals surface area contributed by atoms with Crippen LogP contribution in [0, 0.1) is 35.0 Å². The molecule has 10 heteroatoms. The summed E-state index contributed by atoms with van der Waals surface area (Å²) in [6.45, 7) is 8.33. The highest BCUT2D eigenvalue weighted by Gasteiger charge is 2.42. The fraction of sp³-hybridized carbons (Fsp3) is 0.714. The number of aliphatic hydroxyl groups excluding tert-OH is 1. The van der Waals surface area contributed by atoms with Crippen molar-refractivity contribution in [1.82, 2.24) is 4.90 Å². The summed E-state index contributed by atoms with van der Waals surface area (Å²) < 4.78 is 11.5. The van der Waals surface area contributed by atoms with Crippen LogP contribution in [0.15, 0.2) is 28.8 Å². The largest absolute Gasteiger partial charge is 0.462 e. The van der Waals surface area contributed by atoms with E-state index >= 15 is 0 Å². The number of hydrogen-bond acceptors (Lipinski definition) is 6. The molecule has 38 heavy (non-hydrogen) atoms. The summed E-state index contributed by atoms with van der Waals surface area (Å²) >= 11 is 0. The molecule has 214 valence electrons. The van der Waals surface area contributed by atoms with E-state index < -0.39 is 6.10 Å². The normalized spacial score (nSPS) is 30.9. The molecule has 6 N–H and O–H groups in total. The van der Waals surface area contributed by atoms with Crippen LogP contribution >= 0.6 is 0 Å². The third-order valence-corrected chi connectivity index (χ3v) is 7.59. The molecule has 1 heterocycles. The van der Waals surface area contributed by atoms with Gasteiger partial charge in [0.15, 0.2) is 5.96 Å². The second-order valence-electron chi connectivity index (χ2n) is 11.1. The van der Waals surface area contributed by atoms with Crippen LogP contribution in [0.2, 0.25) is 0 Å². The molecule has 10 nitrogen and oxygen atoms in total. The van der Waals surface area contributed by atoms with E-state index in [-0.39, 0.29) is 54.3 Å². The minimum absolute atomic E-state index is 0.0509. The van der Waals surface area contributed by atoms with E-state index in [4.69, 9.17) is 26.4 Å². The van der Waals surface area contributed by atoms with Crippen molar-refractivity contribution in [3.8, 4) is 0 Å². The predicted octanol–water partition coefficient (Wildman–Crippen LogP) is 2.95. The second kappa shape index (κ2) is 14.3. The Kier molecular flexibility index (Phi) is 11.8. The number of aliphatic hydroxyl groups is 1. The zero-order chi connectivity index (χ0) is 28.6. The Morgan fingerprint density at radius 3 is 2.53 bits per heavy atom. The number of allylic oxidation sites excluding steroid dienone is 3. The minimum Gasteiger partial charge on any atom is -0.462 e. The van der Waals surface area contributed by atoms with Gasteiger partial charge in [0.25, 0.3) is 0 Å². The fourth-order valence-corrected chi connectivity index (χ4v) is 5.29. The van der Waals surface area contributed by atoms with Crippen LogP contribution in [0.1, 0.15) is 66.2 Å². The number of nitrogens with two attached hydrogens (primary N) is 2. The number of hydrogen-bond donors (Lipinski definition) is 4. The molecule has 1 saturated heterocycles. The number of rotatable bonds is 6. The fourth-order valence-electron chi connectivity index (χ4n) is 5.29. The summed E-state index contributed by atoms with van der Waals surface area (Å²) in [4.78, 5) is 29.2. The molecule has 0 amide bonds. The molecular formula is C28H47N5O5. The highest BCUT2D eigenvalue weighted by molar-refractivity contribution is 5.91. The van der Waals surface area contributed by atoms with Gasteiger partial charge in [-0.3, -0.25) is 15.0 Å². The van der Waals surface area contributed by atoms with Crippen LogP contribution in [0.4, 0.5) is 0 Å². The quantitative estimate of drug-likeness (QED) is 0.230. The summed E-state index contributed by atoms with van der Waals surface area (Å²) in [7, 11) is 3.38. The van der Waals surface area contributed by atoms with E-state index in [1.54, 1.807) is 14.1 Å². The predicted molar refractivity (Wildman–Crippen MR) is 148 cm³/mol. The highest BCUT2D eigenvalue weighted by atomic mass is 16.5. The van der Waals surface area contributed by atoms with E-state index in [9.17, 15) is 14.7 Å². The summed E-state index contributed by atoms with van der Waals surface area (Å²) in [5.74, 6) is 0.717. The van der Waals surface area contributed by atoms with Gasteiger partial charge < -0.3 is 30.9 Å². The van der Waals surface area contributed by atoms with Gasteiger partial charge >= 0.3 is 11.9 Å². The van der Waals surface area contributed by atoms with Gasteiger partial charge in [0.1, 0.15) is 12.2 Å². The maximum absolute atomic E-state index is 12.5. The Labute approximate surface area is 227 Å². The number of nitrogens with one attached hydrogen (secondary N) is 1. The molecule has 2 aliphatic carbocycles. The van der Waals surface area contributed by atoms with E-state index in [0.717, 1.165) is 25.7 Å². The highest BCUT2D eigenvalue weighted by Crippen LogP contribution is 2.45. The molecule has 0 aromatic carbocycles. The summed E-state index contributed by atoms with van der Waals surface area (Å²) in [5.41, 5.74) is 11.3. The van der Waals surface area contributed by atoms with Crippen molar-refractivity contribution < 1.29 is 24.2 Å². The van der Waals surface area contributed by atoms with Crippen molar-refractivity contribution in [3.05, 3.63) is 23.8 Å². The van der Waals surface area contributed by atoms with Gasteiger partial charge in [-0.1, -0.05) is 45.9 Å². The van der Waals surface area contributed by atoms with Crippen molar-refractivity contribution in [2.24, 2.45) is 46.0 Å². The number of guanidine groups is 2. The van der Waals surface area contributed by atoms with Crippen molar-refractivity contribution in [1.29, 1.82) is 5.41 Å². The number of cyclic esters (lactones) is 1. The Hall–Kier alpha value is -2.88. The van der Waals surface area contributed by atoms with Gasteiger partial charge in [-0.2, -0.15) is 4.99 Å². The zero-order valence-electron chi connectivity index (χ0n) is 23.7. The summed E-state index contributed by atoms with van der Waals surface area (Å²) in [6, 6.07) is 0. The van der Waals surface area contributed by atoms with E-state index in [0.29, 0.717) is 24.2 Å². The molecule has 0 spiro atoms. The Morgan fingerprint density at radius 1 is 1.29 bits per heavy atom. The molecule has 1 fully saturated rings. The third kappa shape index (κ3) is 9.15. The smallest absolute Gasteiger partial charge is 0.308 e.